The van der Waals surface area contributed by atoms with E-state index >= 15 is 0 Å². The maximum Gasteiger partial charge on any atom is 0.340 e. The molecule has 0 radical (unpaired) electrons. The summed E-state index contributed by atoms with van der Waals surface area (Å²) in [5, 5.41) is 3.73. The molecule has 0 spiro atoms. The zero-order valence-electron chi connectivity index (χ0n) is 25.0. The third kappa shape index (κ3) is 5.36. The standard InChI is InChI=1S/C34H45N3O2/c1-9-25-12-15-31(32(21-25)35-19-18-23(4)5)34(29-16-14-27(20-24(29)6)37(10-2)11-3)30-17-13-26(36(7)8)22-28(30)33(38)39-34/h12-17,20-23,35H,9-11,18-19H2,1-8H3. The summed E-state index contributed by atoms with van der Waals surface area (Å²) in [4.78, 5) is 18.0. The molecule has 3 aromatic carbocycles. The number of aryl methyl sites for hydroxylation is 2. The molecule has 1 aliphatic rings. The number of rotatable bonds is 11. The summed E-state index contributed by atoms with van der Waals surface area (Å²) in [6, 6.07) is 19.3. The van der Waals surface area contributed by atoms with Crippen LogP contribution in [0.5, 0.6) is 0 Å². The predicted molar refractivity (Wildman–Crippen MR) is 165 cm³/mol. The lowest BCUT2D eigenvalue weighted by Gasteiger charge is -2.34. The largest absolute Gasteiger partial charge is 0.440 e. The topological polar surface area (TPSA) is 44.8 Å². The molecule has 0 amide bonds. The molecule has 1 atom stereocenters. The Kier molecular flexibility index (Phi) is 8.58. The monoisotopic (exact) mass is 527 g/mol. The second-order valence-electron chi connectivity index (χ2n) is 11.2. The Morgan fingerprint density at radius 3 is 2.15 bits per heavy atom. The van der Waals surface area contributed by atoms with Crippen LogP contribution in [0.2, 0.25) is 0 Å². The Bertz CT molecular complexity index is 1330. The number of nitrogens with one attached hydrogen (secondary N) is 1. The molecule has 208 valence electrons. The fraction of sp³-hybridized carbons (Fsp3) is 0.441. The zero-order chi connectivity index (χ0) is 28.3. The van der Waals surface area contributed by atoms with Crippen LogP contribution < -0.4 is 15.1 Å². The number of ether oxygens (including phenoxy) is 1. The van der Waals surface area contributed by atoms with Crippen molar-refractivity contribution in [2.45, 2.75) is 60.0 Å². The first-order valence-electron chi connectivity index (χ1n) is 14.4. The first kappa shape index (κ1) is 28.5. The van der Waals surface area contributed by atoms with Crippen LogP contribution in [0.4, 0.5) is 17.1 Å². The van der Waals surface area contributed by atoms with Crippen molar-refractivity contribution in [1.82, 2.24) is 0 Å². The van der Waals surface area contributed by atoms with E-state index in [1.807, 2.05) is 25.1 Å². The van der Waals surface area contributed by atoms with Crippen molar-refractivity contribution in [3.8, 4) is 0 Å². The Morgan fingerprint density at radius 1 is 0.872 bits per heavy atom. The van der Waals surface area contributed by atoms with Crippen molar-refractivity contribution in [3.05, 3.63) is 88.0 Å². The van der Waals surface area contributed by atoms with E-state index < -0.39 is 5.60 Å². The second-order valence-corrected chi connectivity index (χ2v) is 11.2. The van der Waals surface area contributed by atoms with Crippen LogP contribution in [0.15, 0.2) is 54.6 Å². The molecule has 39 heavy (non-hydrogen) atoms. The van der Waals surface area contributed by atoms with Crippen LogP contribution in [-0.2, 0) is 16.8 Å². The van der Waals surface area contributed by atoms with Gasteiger partial charge in [0.2, 0.25) is 0 Å². The second kappa shape index (κ2) is 11.7. The third-order valence-electron chi connectivity index (χ3n) is 7.99. The number of hydrogen-bond acceptors (Lipinski definition) is 5. The Balaban J connectivity index is 1.99. The quantitative estimate of drug-likeness (QED) is 0.263. The molecule has 3 aromatic rings. The average Bonchev–Trinajstić information content (AvgIpc) is 3.21. The first-order valence-corrected chi connectivity index (χ1v) is 14.4. The molecule has 0 bridgehead atoms. The van der Waals surface area contributed by atoms with Gasteiger partial charge in [-0.1, -0.05) is 45.0 Å². The Hall–Kier alpha value is -3.47. The number of esters is 1. The molecule has 1 aliphatic heterocycles. The number of hydrogen-bond donors (Lipinski definition) is 1. The van der Waals surface area contributed by atoms with Gasteiger partial charge in [0.25, 0.3) is 0 Å². The number of benzene rings is 3. The Morgan fingerprint density at radius 2 is 1.54 bits per heavy atom. The number of cyclic esters (lactones) is 1. The van der Waals surface area contributed by atoms with Crippen LogP contribution in [0.25, 0.3) is 0 Å². The fourth-order valence-electron chi connectivity index (χ4n) is 5.67. The fourth-order valence-corrected chi connectivity index (χ4v) is 5.67. The highest BCUT2D eigenvalue weighted by Gasteiger charge is 2.50. The number of carbonyl (C=O) groups excluding carboxylic acids is 1. The van der Waals surface area contributed by atoms with Gasteiger partial charge in [-0.15, -0.1) is 0 Å². The minimum atomic E-state index is -1.05. The molecule has 1 heterocycles. The minimum Gasteiger partial charge on any atom is -0.440 e. The van der Waals surface area contributed by atoms with Gasteiger partial charge in [-0.25, -0.2) is 4.79 Å². The molecule has 0 aromatic heterocycles. The SMILES string of the molecule is CCc1ccc(C2(c3ccc(N(CC)CC)cc3C)OC(=O)c3cc(N(C)C)ccc32)c(NCCC(C)C)c1. The van der Waals surface area contributed by atoms with Crippen molar-refractivity contribution in [2.24, 2.45) is 5.92 Å². The molecule has 0 fully saturated rings. The molecular weight excluding hydrogens is 482 g/mol. The maximum absolute atomic E-state index is 13.7. The van der Waals surface area contributed by atoms with Gasteiger partial charge < -0.3 is 19.9 Å². The van der Waals surface area contributed by atoms with Gasteiger partial charge in [0.05, 0.1) is 5.56 Å². The average molecular weight is 528 g/mol. The highest BCUT2D eigenvalue weighted by Crippen LogP contribution is 2.51. The van der Waals surface area contributed by atoms with Crippen molar-refractivity contribution in [3.63, 3.8) is 0 Å². The number of nitrogens with zero attached hydrogens (tertiary/aromatic N) is 2. The van der Waals surface area contributed by atoms with E-state index in [1.54, 1.807) is 0 Å². The molecule has 0 saturated carbocycles. The lowest BCUT2D eigenvalue weighted by Crippen LogP contribution is -2.32. The van der Waals surface area contributed by atoms with E-state index in [-0.39, 0.29) is 5.97 Å². The van der Waals surface area contributed by atoms with Crippen LogP contribution in [0.3, 0.4) is 0 Å². The van der Waals surface area contributed by atoms with E-state index in [4.69, 9.17) is 4.74 Å². The highest BCUT2D eigenvalue weighted by atomic mass is 16.6. The van der Waals surface area contributed by atoms with Gasteiger partial charge in [-0.2, -0.15) is 0 Å². The summed E-state index contributed by atoms with van der Waals surface area (Å²) < 4.78 is 6.59. The summed E-state index contributed by atoms with van der Waals surface area (Å²) >= 11 is 0. The van der Waals surface area contributed by atoms with E-state index in [9.17, 15) is 4.79 Å². The lowest BCUT2D eigenvalue weighted by molar-refractivity contribution is 0.0252. The van der Waals surface area contributed by atoms with Gasteiger partial charge in [0.1, 0.15) is 0 Å². The number of carbonyl (C=O) groups is 1. The molecule has 1 N–H and O–H groups in total. The third-order valence-corrected chi connectivity index (χ3v) is 7.99. The summed E-state index contributed by atoms with van der Waals surface area (Å²) in [5.74, 6) is 0.308. The molecule has 1 unspecified atom stereocenters. The molecule has 5 nitrogen and oxygen atoms in total. The van der Waals surface area contributed by atoms with Crippen molar-refractivity contribution in [1.29, 1.82) is 0 Å². The summed E-state index contributed by atoms with van der Waals surface area (Å²) in [6.07, 6.45) is 2.00. The van der Waals surface area contributed by atoms with Crippen molar-refractivity contribution < 1.29 is 9.53 Å². The molecule has 0 aliphatic carbocycles. The first-order chi connectivity index (χ1) is 18.7. The number of fused-ring (bicyclic) bond motifs is 1. The molecule has 4 rings (SSSR count). The normalized spacial score (nSPS) is 16.3. The number of anilines is 3. The summed E-state index contributed by atoms with van der Waals surface area (Å²) in [7, 11) is 3.98. The smallest absolute Gasteiger partial charge is 0.340 e. The Labute approximate surface area is 235 Å². The molecule has 0 saturated heterocycles. The van der Waals surface area contributed by atoms with Crippen LogP contribution in [0, 0.1) is 12.8 Å². The van der Waals surface area contributed by atoms with Crippen LogP contribution in [0.1, 0.15) is 79.2 Å². The van der Waals surface area contributed by atoms with Gasteiger partial charge >= 0.3 is 5.97 Å². The van der Waals surface area contributed by atoms with Gasteiger partial charge in [0, 0.05) is 67.5 Å². The lowest BCUT2D eigenvalue weighted by atomic mass is 9.77. The summed E-state index contributed by atoms with van der Waals surface area (Å²) in [5.41, 5.74) is 7.99. The van der Waals surface area contributed by atoms with E-state index in [2.05, 4.69) is 100 Å². The van der Waals surface area contributed by atoms with Crippen LogP contribution in [-0.4, -0.2) is 39.7 Å². The van der Waals surface area contributed by atoms with Crippen molar-refractivity contribution >= 4 is 23.0 Å². The predicted octanol–water partition coefficient (Wildman–Crippen LogP) is 7.39. The van der Waals surface area contributed by atoms with Crippen LogP contribution >= 0.6 is 0 Å². The van der Waals surface area contributed by atoms with Crippen molar-refractivity contribution in [2.75, 3.05) is 48.8 Å². The van der Waals surface area contributed by atoms with Gasteiger partial charge in [-0.3, -0.25) is 0 Å². The summed E-state index contributed by atoms with van der Waals surface area (Å²) in [6.45, 7) is 15.9. The molecule has 5 heteroatoms. The van der Waals surface area contributed by atoms with E-state index in [0.29, 0.717) is 11.5 Å². The molecular formula is C34H45N3O2. The van der Waals surface area contributed by atoms with Gasteiger partial charge in [0.15, 0.2) is 5.60 Å². The van der Waals surface area contributed by atoms with Gasteiger partial charge in [-0.05, 0) is 81.0 Å². The minimum absolute atomic E-state index is 0.284. The highest BCUT2D eigenvalue weighted by molar-refractivity contribution is 5.98. The maximum atomic E-state index is 13.7. The van der Waals surface area contributed by atoms with E-state index in [0.717, 1.165) is 66.1 Å². The zero-order valence-corrected chi connectivity index (χ0v) is 25.0. The van der Waals surface area contributed by atoms with E-state index in [1.165, 1.54) is 11.3 Å².